The van der Waals surface area contributed by atoms with Crippen LogP contribution in [0.5, 0.6) is 0 Å². The van der Waals surface area contributed by atoms with Crippen LogP contribution in [0.2, 0.25) is 0 Å². The van der Waals surface area contributed by atoms with Gasteiger partial charge in [-0.3, -0.25) is 28.5 Å². The van der Waals surface area contributed by atoms with E-state index in [-0.39, 0.29) is 59.9 Å². The third-order valence-electron chi connectivity index (χ3n) is 14.6. The summed E-state index contributed by atoms with van der Waals surface area (Å²) in [4.78, 5) is 116. The van der Waals surface area contributed by atoms with Gasteiger partial charge in [-0.05, 0) is 131 Å². The average molecular weight is 1540 g/mol. The minimum absolute atomic E-state index is 0.0342. The summed E-state index contributed by atoms with van der Waals surface area (Å²) in [5, 5.41) is 14.6. The van der Waals surface area contributed by atoms with E-state index in [1.165, 1.54) is 18.7 Å². The number of esters is 1. The fourth-order valence-corrected chi connectivity index (χ4v) is 16.1. The van der Waals surface area contributed by atoms with E-state index in [0.717, 1.165) is 82.4 Å². The Bertz CT molecular complexity index is 4000. The molecule has 0 radical (unpaired) electrons. The fourth-order valence-electron chi connectivity index (χ4n) is 10.1. The molecule has 2 aliphatic heterocycles. The zero-order chi connectivity index (χ0) is 73.8. The predicted octanol–water partition coefficient (Wildman–Crippen LogP) is 8.43. The summed E-state index contributed by atoms with van der Waals surface area (Å²) in [5.74, 6) is 4.92. The van der Waals surface area contributed by atoms with Crippen LogP contribution in [-0.2, 0) is 91.9 Å². The van der Waals surface area contributed by atoms with Crippen molar-refractivity contribution in [2.75, 3.05) is 84.6 Å². The SMILES string of the molecule is CCCC(C)(C)SSCOCCCCOC(=O)CCC#Cc1cn([C@H]2C[C@H](OCS(C)=S)[C@@H](COP(=O)(O)OP(=O)(O)OP(=O)(O)O)O2)c(=O)[nH]c1=O.CCCc1cc2oc3cc(=[NH+]CC)c(C)cc-3c(-c3cc(C(=O)CCCOCCOCCNC(=O)OC)ccc3C(=O)O)c2cc1C. The first kappa shape index (κ1) is 85.4. The van der Waals surface area contributed by atoms with Crippen molar-refractivity contribution < 1.29 is 113 Å². The molecule has 3 heterocycles. The van der Waals surface area contributed by atoms with E-state index in [9.17, 15) is 57.4 Å². The molecule has 0 spiro atoms. The zero-order valence-corrected chi connectivity index (χ0v) is 63.2. The lowest BCUT2D eigenvalue weighted by Crippen LogP contribution is -2.76. The molecule has 0 saturated carbocycles. The summed E-state index contributed by atoms with van der Waals surface area (Å²) < 4.78 is 92.5. The maximum atomic E-state index is 13.4. The van der Waals surface area contributed by atoms with Crippen molar-refractivity contribution in [1.82, 2.24) is 14.9 Å². The van der Waals surface area contributed by atoms with Gasteiger partial charge in [0.25, 0.3) is 5.56 Å². The van der Waals surface area contributed by atoms with E-state index in [1.807, 2.05) is 36.8 Å². The molecule has 8 N–H and O–H groups in total. The maximum Gasteiger partial charge on any atom is 0.490 e. The Morgan fingerprint density at radius 2 is 1.60 bits per heavy atom. The number of H-pyrrole nitrogens is 1. The fraction of sp³-hybridized carbons (Fsp3) is 0.547. The van der Waals surface area contributed by atoms with Crippen LogP contribution in [0.1, 0.15) is 148 Å². The highest BCUT2D eigenvalue weighted by atomic mass is 33.1. The van der Waals surface area contributed by atoms with Gasteiger partial charge in [0.2, 0.25) is 5.36 Å². The van der Waals surface area contributed by atoms with Crippen LogP contribution in [0.15, 0.2) is 62.7 Å². The lowest BCUT2D eigenvalue weighted by Gasteiger charge is -2.22. The number of carbonyl (C=O) groups excluding carboxylic acids is 3. The molecule has 3 unspecified atom stereocenters. The zero-order valence-electron chi connectivity index (χ0n) is 57.2. The predicted molar refractivity (Wildman–Crippen MR) is 380 cm³/mol. The molecule has 2 aromatic carbocycles. The molecule has 36 heteroatoms. The second kappa shape index (κ2) is 41.9. The van der Waals surface area contributed by atoms with E-state index < -0.39 is 87.2 Å². The molecular weight excluding hydrogens is 1450 g/mol. The number of benzene rings is 3. The molecule has 1 aromatic heterocycles. The Morgan fingerprint density at radius 1 is 0.880 bits per heavy atom. The van der Waals surface area contributed by atoms with E-state index in [0.29, 0.717) is 80.8 Å². The Hall–Kier alpha value is -5.27. The highest BCUT2D eigenvalue weighted by Gasteiger charge is 2.44. The highest BCUT2D eigenvalue weighted by Crippen LogP contribution is 2.66. The number of Topliss-reactive ketones (excluding diaryl/α,β-unsaturated/α-hetero) is 1. The van der Waals surface area contributed by atoms with Gasteiger partial charge < -0.3 is 67.6 Å². The number of nitrogens with zero attached hydrogens (tertiary/aromatic N) is 1. The summed E-state index contributed by atoms with van der Waals surface area (Å²) >= 11 is 5.13. The van der Waals surface area contributed by atoms with Gasteiger partial charge in [-0.2, -0.15) is 8.62 Å². The second-order valence-electron chi connectivity index (χ2n) is 23.3. The molecule has 3 aliphatic rings. The number of carboxylic acids is 1. The summed E-state index contributed by atoms with van der Waals surface area (Å²) in [6, 6.07) is 12.9. The van der Waals surface area contributed by atoms with Crippen molar-refractivity contribution >= 4 is 100 Å². The topological polar surface area (TPSA) is 407 Å². The number of unbranched alkanes of at least 4 members (excludes halogenated alkanes) is 1. The Kier molecular flexibility index (Phi) is 35.8. The molecule has 6 rings (SSSR count). The van der Waals surface area contributed by atoms with Crippen molar-refractivity contribution in [2.45, 2.75) is 142 Å². The number of phosphoric ester groups is 1. The van der Waals surface area contributed by atoms with Crippen molar-refractivity contribution in [3.8, 4) is 34.3 Å². The maximum absolute atomic E-state index is 13.4. The molecule has 554 valence electrons. The minimum Gasteiger partial charge on any atom is -0.478 e. The lowest BCUT2D eigenvalue weighted by molar-refractivity contribution is -0.496. The smallest absolute Gasteiger partial charge is 0.478 e. The Balaban J connectivity index is 0.000000363. The van der Waals surface area contributed by atoms with Crippen molar-refractivity contribution in [3.63, 3.8) is 0 Å². The number of ether oxygens (including phenoxy) is 7. The molecule has 29 nitrogen and oxygen atoms in total. The second-order valence-corrected chi connectivity index (χ2v) is 33.7. The molecule has 6 atom stereocenters. The normalized spacial score (nSPS) is 16.4. The van der Waals surface area contributed by atoms with Crippen LogP contribution in [0.4, 0.5) is 4.79 Å². The number of rotatable bonds is 40. The number of aromatic nitrogens is 2. The number of fused-ring (bicyclic) bond motifs is 2. The average Bonchev–Trinajstić information content (AvgIpc) is 0.940. The number of hydrogen-bond donors (Lipinski definition) is 8. The van der Waals surface area contributed by atoms with E-state index in [1.54, 1.807) is 29.2 Å². The first-order chi connectivity index (χ1) is 47.3. The first-order valence-electron chi connectivity index (χ1n) is 32.0. The van der Waals surface area contributed by atoms with Gasteiger partial charge in [0.05, 0.1) is 70.2 Å². The number of amides is 1. The van der Waals surface area contributed by atoms with Gasteiger partial charge in [0.15, 0.2) is 5.78 Å². The Morgan fingerprint density at radius 3 is 2.28 bits per heavy atom. The molecule has 1 fully saturated rings. The number of aryl methyl sites for hydroxylation is 3. The number of aromatic carboxylic acids is 1. The number of nitrogens with one attached hydrogen (secondary N) is 3. The molecule has 100 heavy (non-hydrogen) atoms. The van der Waals surface area contributed by atoms with Crippen LogP contribution in [0.3, 0.4) is 0 Å². The first-order valence-corrected chi connectivity index (χ1v) is 41.6. The molecular formula is C64H90N4O25P3S4+. The molecule has 1 amide bonds. The summed E-state index contributed by atoms with van der Waals surface area (Å²) in [7, 11) is -12.7. The lowest BCUT2D eigenvalue weighted by atomic mass is 9.87. The van der Waals surface area contributed by atoms with E-state index in [2.05, 4.69) is 87.2 Å². The minimum atomic E-state index is -5.76. The van der Waals surface area contributed by atoms with Gasteiger partial charge in [-0.25, -0.2) is 33.1 Å². The van der Waals surface area contributed by atoms with Gasteiger partial charge in [-0.1, -0.05) is 75.6 Å². The third kappa shape index (κ3) is 29.1. The van der Waals surface area contributed by atoms with Crippen LogP contribution < -0.4 is 26.9 Å². The standard InChI is InChI=1S/C37H44N2O8.C27H45N2O17P3S4/c1-6-9-25-21-33-29(18-23(25)3)35(30-19-24(4)31(38-7-2)22-34(30)47-33)28-20-26(11-12-27(28)36(41)42)32(40)10-8-14-45-16-17-46-15-13-39-37(43)44-5;1-5-12-27(2,3)52-51-18-40-13-8-9-14-41-24(30)11-7-6-10-20-16-29(26(32)28-25(20)31)23-15-21(42-19-53(4)50)22(44-23)17-43-48(36,37)46-49(38,39)45-47(33,34)35/h11-12,18-22H,6-10,13-17H2,1-5H3,(H,39,43)(H,41,42);16,21-23H,5,7-9,11-15,17-19H2,1-4H3,(H,36,37)(H,38,39)(H,28,31,32)(H2,33,34,35)/p+1/t;21-,22+,23+,53?/m.0/s1. The Labute approximate surface area is 594 Å². The van der Waals surface area contributed by atoms with Crippen molar-refractivity contribution in [1.29, 1.82) is 0 Å². The quantitative estimate of drug-likeness (QED) is 0.00266. The van der Waals surface area contributed by atoms with Crippen molar-refractivity contribution in [2.24, 2.45) is 0 Å². The van der Waals surface area contributed by atoms with Gasteiger partial charge in [-0.15, -0.1) is 0 Å². The third-order valence-corrected chi connectivity index (χ3v) is 22.2. The highest BCUT2D eigenvalue weighted by molar-refractivity contribution is 8.77. The number of carbonyl (C=O) groups is 4. The number of aromatic amines is 1. The monoisotopic (exact) mass is 1540 g/mol. The molecule has 1 aliphatic carbocycles. The van der Waals surface area contributed by atoms with Crippen LogP contribution in [0, 0.1) is 25.7 Å². The number of ketones is 1. The number of hydrogen-bond acceptors (Lipinski definition) is 23. The summed E-state index contributed by atoms with van der Waals surface area (Å²) in [6.45, 7) is 17.3. The van der Waals surface area contributed by atoms with Gasteiger partial charge in [0, 0.05) is 77.6 Å². The van der Waals surface area contributed by atoms with Crippen LogP contribution in [0.25, 0.3) is 33.4 Å². The molecule has 0 bridgehead atoms. The summed E-state index contributed by atoms with van der Waals surface area (Å²) in [5.41, 5.74) is 4.66. The van der Waals surface area contributed by atoms with Crippen LogP contribution >= 0.6 is 45.1 Å². The number of carboxylic acid groups (broad SMARTS) is 1. The molecule has 1 saturated heterocycles. The number of alkyl carbamates (subject to hydrolysis) is 1. The van der Waals surface area contributed by atoms with E-state index >= 15 is 0 Å². The number of methoxy groups -OCH3 is 1. The van der Waals surface area contributed by atoms with Gasteiger partial charge >= 0.3 is 47.2 Å². The van der Waals surface area contributed by atoms with Crippen molar-refractivity contribution in [3.05, 3.63) is 108 Å². The molecule has 3 aromatic rings. The number of phosphoric acid groups is 3. The largest absolute Gasteiger partial charge is 0.490 e. The summed E-state index contributed by atoms with van der Waals surface area (Å²) in [6.07, 6.45) is 5.22. The van der Waals surface area contributed by atoms with E-state index in [4.69, 9.17) is 58.3 Å². The van der Waals surface area contributed by atoms with Crippen LogP contribution in [-0.4, -0.2) is 160 Å². The van der Waals surface area contributed by atoms with Gasteiger partial charge in [0.1, 0.15) is 41.7 Å².